The van der Waals surface area contributed by atoms with E-state index in [1.165, 1.54) is 12.8 Å². The van der Waals surface area contributed by atoms with Crippen molar-refractivity contribution in [3.63, 3.8) is 0 Å². The molecule has 0 saturated carbocycles. The standard InChI is InChI=1S/C12H26OS/c1-5-6-12(9-14)8-13-11(4)7-10(2)3/h10-12,14H,5-9H2,1-4H3. The van der Waals surface area contributed by atoms with Gasteiger partial charge in [-0.1, -0.05) is 27.2 Å². The SMILES string of the molecule is CCCC(CS)COC(C)CC(C)C. The minimum absolute atomic E-state index is 0.397. The molecule has 0 aliphatic rings. The highest BCUT2D eigenvalue weighted by Gasteiger charge is 2.10. The lowest BCUT2D eigenvalue weighted by Crippen LogP contribution is -2.18. The predicted molar refractivity (Wildman–Crippen MR) is 67.1 cm³/mol. The molecule has 2 unspecified atom stereocenters. The van der Waals surface area contributed by atoms with Gasteiger partial charge in [-0.2, -0.15) is 12.6 Å². The molecular weight excluding hydrogens is 192 g/mol. The zero-order valence-electron chi connectivity index (χ0n) is 10.1. The summed E-state index contributed by atoms with van der Waals surface area (Å²) < 4.78 is 5.81. The molecule has 86 valence electrons. The summed E-state index contributed by atoms with van der Waals surface area (Å²) in [4.78, 5) is 0. The normalized spacial score (nSPS) is 15.9. The minimum atomic E-state index is 0.397. The molecular formula is C12H26OS. The zero-order valence-corrected chi connectivity index (χ0v) is 11.0. The van der Waals surface area contributed by atoms with Gasteiger partial charge in [0.2, 0.25) is 0 Å². The smallest absolute Gasteiger partial charge is 0.0549 e. The third kappa shape index (κ3) is 7.69. The van der Waals surface area contributed by atoms with E-state index in [1.807, 2.05) is 0 Å². The van der Waals surface area contributed by atoms with Crippen molar-refractivity contribution in [2.24, 2.45) is 11.8 Å². The molecule has 0 aliphatic carbocycles. The van der Waals surface area contributed by atoms with Gasteiger partial charge in [0.15, 0.2) is 0 Å². The highest BCUT2D eigenvalue weighted by atomic mass is 32.1. The van der Waals surface area contributed by atoms with Crippen molar-refractivity contribution < 1.29 is 4.74 Å². The second-order valence-electron chi connectivity index (χ2n) is 4.61. The number of hydrogen-bond donors (Lipinski definition) is 1. The molecule has 0 rings (SSSR count). The van der Waals surface area contributed by atoms with Gasteiger partial charge in [-0.05, 0) is 37.4 Å². The summed E-state index contributed by atoms with van der Waals surface area (Å²) in [5.74, 6) is 2.31. The molecule has 0 saturated heterocycles. The first kappa shape index (κ1) is 14.3. The fourth-order valence-corrected chi connectivity index (χ4v) is 1.96. The molecule has 14 heavy (non-hydrogen) atoms. The minimum Gasteiger partial charge on any atom is -0.378 e. The van der Waals surface area contributed by atoms with Gasteiger partial charge < -0.3 is 4.74 Å². The third-order valence-corrected chi connectivity index (χ3v) is 2.89. The summed E-state index contributed by atoms with van der Waals surface area (Å²) in [6, 6.07) is 0. The molecule has 0 fully saturated rings. The van der Waals surface area contributed by atoms with E-state index < -0.39 is 0 Å². The van der Waals surface area contributed by atoms with Gasteiger partial charge in [0.25, 0.3) is 0 Å². The first-order valence-electron chi connectivity index (χ1n) is 5.82. The van der Waals surface area contributed by atoms with E-state index in [4.69, 9.17) is 4.74 Å². The average Bonchev–Trinajstić information content (AvgIpc) is 2.11. The molecule has 0 N–H and O–H groups in total. The Morgan fingerprint density at radius 2 is 1.86 bits per heavy atom. The van der Waals surface area contributed by atoms with Crippen LogP contribution in [0.3, 0.4) is 0 Å². The Bertz CT molecular complexity index is 125. The van der Waals surface area contributed by atoms with Gasteiger partial charge >= 0.3 is 0 Å². The number of hydrogen-bond acceptors (Lipinski definition) is 2. The van der Waals surface area contributed by atoms with E-state index in [-0.39, 0.29) is 0 Å². The Balaban J connectivity index is 3.56. The molecule has 0 aromatic rings. The first-order chi connectivity index (χ1) is 6.60. The van der Waals surface area contributed by atoms with Crippen LogP contribution in [0.1, 0.15) is 47.0 Å². The van der Waals surface area contributed by atoms with E-state index in [1.54, 1.807) is 0 Å². The van der Waals surface area contributed by atoms with Crippen LogP contribution in [0.2, 0.25) is 0 Å². The van der Waals surface area contributed by atoms with Crippen molar-refractivity contribution in [1.29, 1.82) is 0 Å². The summed E-state index contributed by atoms with van der Waals surface area (Å²) in [5.41, 5.74) is 0. The van der Waals surface area contributed by atoms with Gasteiger partial charge in [0.1, 0.15) is 0 Å². The summed E-state index contributed by atoms with van der Waals surface area (Å²) >= 11 is 4.34. The van der Waals surface area contributed by atoms with Crippen molar-refractivity contribution >= 4 is 12.6 Å². The Labute approximate surface area is 95.0 Å². The van der Waals surface area contributed by atoms with E-state index in [0.717, 1.165) is 24.7 Å². The lowest BCUT2D eigenvalue weighted by Gasteiger charge is -2.19. The van der Waals surface area contributed by atoms with E-state index >= 15 is 0 Å². The van der Waals surface area contributed by atoms with Gasteiger partial charge in [-0.3, -0.25) is 0 Å². The molecule has 0 radical (unpaired) electrons. The molecule has 0 aromatic carbocycles. The van der Waals surface area contributed by atoms with E-state index in [2.05, 4.69) is 40.3 Å². The highest BCUT2D eigenvalue weighted by Crippen LogP contribution is 2.13. The molecule has 0 spiro atoms. The second-order valence-corrected chi connectivity index (χ2v) is 4.98. The Morgan fingerprint density at radius 1 is 1.21 bits per heavy atom. The summed E-state index contributed by atoms with van der Waals surface area (Å²) in [7, 11) is 0. The van der Waals surface area contributed by atoms with Crippen molar-refractivity contribution in [2.45, 2.75) is 53.1 Å². The largest absolute Gasteiger partial charge is 0.378 e. The molecule has 0 aromatic heterocycles. The number of ether oxygens (including phenoxy) is 1. The maximum Gasteiger partial charge on any atom is 0.0549 e. The van der Waals surface area contributed by atoms with Crippen molar-refractivity contribution in [1.82, 2.24) is 0 Å². The Kier molecular flexibility index (Phi) is 8.80. The molecule has 0 bridgehead atoms. The van der Waals surface area contributed by atoms with Gasteiger partial charge in [0.05, 0.1) is 12.7 Å². The zero-order chi connectivity index (χ0) is 11.0. The Morgan fingerprint density at radius 3 is 2.29 bits per heavy atom. The van der Waals surface area contributed by atoms with Gasteiger partial charge in [-0.15, -0.1) is 0 Å². The maximum atomic E-state index is 5.81. The maximum absolute atomic E-state index is 5.81. The van der Waals surface area contributed by atoms with Crippen LogP contribution >= 0.6 is 12.6 Å². The van der Waals surface area contributed by atoms with Crippen LogP contribution in [-0.2, 0) is 4.74 Å². The molecule has 0 aliphatic heterocycles. The second kappa shape index (κ2) is 8.60. The van der Waals surface area contributed by atoms with E-state index in [0.29, 0.717) is 12.0 Å². The van der Waals surface area contributed by atoms with Gasteiger partial charge in [0, 0.05) is 0 Å². The van der Waals surface area contributed by atoms with E-state index in [9.17, 15) is 0 Å². The van der Waals surface area contributed by atoms with Crippen LogP contribution in [0.5, 0.6) is 0 Å². The third-order valence-electron chi connectivity index (χ3n) is 2.37. The van der Waals surface area contributed by atoms with Crippen LogP contribution < -0.4 is 0 Å². The lowest BCUT2D eigenvalue weighted by molar-refractivity contribution is 0.0311. The fraction of sp³-hybridized carbons (Fsp3) is 1.00. The molecule has 2 heteroatoms. The molecule has 1 nitrogen and oxygen atoms in total. The fourth-order valence-electron chi connectivity index (χ4n) is 1.67. The van der Waals surface area contributed by atoms with Crippen LogP contribution in [0.25, 0.3) is 0 Å². The summed E-state index contributed by atoms with van der Waals surface area (Å²) in [5, 5.41) is 0. The average molecular weight is 218 g/mol. The monoisotopic (exact) mass is 218 g/mol. The highest BCUT2D eigenvalue weighted by molar-refractivity contribution is 7.80. The van der Waals surface area contributed by atoms with Crippen molar-refractivity contribution in [3.8, 4) is 0 Å². The van der Waals surface area contributed by atoms with Crippen LogP contribution in [0, 0.1) is 11.8 Å². The number of thiol groups is 1. The molecule has 2 atom stereocenters. The number of rotatable bonds is 8. The van der Waals surface area contributed by atoms with Crippen LogP contribution in [0.15, 0.2) is 0 Å². The van der Waals surface area contributed by atoms with Gasteiger partial charge in [-0.25, -0.2) is 0 Å². The molecule has 0 heterocycles. The summed E-state index contributed by atoms with van der Waals surface area (Å²) in [6.45, 7) is 9.74. The van der Waals surface area contributed by atoms with Crippen molar-refractivity contribution in [2.75, 3.05) is 12.4 Å². The topological polar surface area (TPSA) is 9.23 Å². The predicted octanol–water partition coefficient (Wildman–Crippen LogP) is 3.78. The van der Waals surface area contributed by atoms with Crippen LogP contribution in [0.4, 0.5) is 0 Å². The first-order valence-corrected chi connectivity index (χ1v) is 6.45. The van der Waals surface area contributed by atoms with Crippen molar-refractivity contribution in [3.05, 3.63) is 0 Å². The summed E-state index contributed by atoms with van der Waals surface area (Å²) in [6.07, 6.45) is 4.02. The lowest BCUT2D eigenvalue weighted by atomic mass is 10.1. The molecule has 0 amide bonds. The van der Waals surface area contributed by atoms with Crippen LogP contribution in [-0.4, -0.2) is 18.5 Å². The quantitative estimate of drug-likeness (QED) is 0.610. The Hall–Kier alpha value is 0.310.